The highest BCUT2D eigenvalue weighted by Gasteiger charge is 2.22. The summed E-state index contributed by atoms with van der Waals surface area (Å²) in [5.74, 6) is 2.24. The van der Waals surface area contributed by atoms with Crippen LogP contribution in [0.3, 0.4) is 0 Å². The molecule has 0 spiro atoms. The molecule has 2 fully saturated rings. The van der Waals surface area contributed by atoms with Gasteiger partial charge in [-0.3, -0.25) is 0 Å². The Bertz CT molecular complexity index is 860. The topological polar surface area (TPSA) is 43.5 Å². The summed E-state index contributed by atoms with van der Waals surface area (Å²) in [7, 11) is 0. The lowest BCUT2D eigenvalue weighted by Gasteiger charge is -2.19. The molecule has 4 nitrogen and oxygen atoms in total. The van der Waals surface area contributed by atoms with Gasteiger partial charge in [-0.15, -0.1) is 0 Å². The van der Waals surface area contributed by atoms with E-state index in [-0.39, 0.29) is 0 Å². The zero-order valence-electron chi connectivity index (χ0n) is 23.7. The summed E-state index contributed by atoms with van der Waals surface area (Å²) < 4.78 is 23.4. The fourth-order valence-corrected chi connectivity index (χ4v) is 5.28. The maximum atomic E-state index is 6.35. The Morgan fingerprint density at radius 1 is 0.595 bits per heavy atom. The van der Waals surface area contributed by atoms with Crippen molar-refractivity contribution in [3.8, 4) is 11.5 Å². The van der Waals surface area contributed by atoms with Gasteiger partial charge in [-0.25, -0.2) is 0 Å². The van der Waals surface area contributed by atoms with Crippen LogP contribution in [0.5, 0.6) is 11.5 Å². The van der Waals surface area contributed by atoms with E-state index in [9.17, 15) is 0 Å². The molecule has 0 amide bonds. The van der Waals surface area contributed by atoms with E-state index in [0.717, 1.165) is 82.9 Å². The molecule has 2 unspecified atom stereocenters. The number of benzene rings is 2. The van der Waals surface area contributed by atoms with Gasteiger partial charge in [0.2, 0.25) is 0 Å². The fourth-order valence-electron chi connectivity index (χ4n) is 5.28. The highest BCUT2D eigenvalue weighted by Crippen LogP contribution is 2.32. The summed E-state index contributed by atoms with van der Waals surface area (Å²) in [6.45, 7) is 12.5. The van der Waals surface area contributed by atoms with Crippen LogP contribution >= 0.6 is 0 Å². The first kappa shape index (κ1) is 28.0. The van der Waals surface area contributed by atoms with Crippen LogP contribution in [0, 0.1) is 0 Å². The van der Waals surface area contributed by atoms with Crippen LogP contribution < -0.4 is 9.47 Å². The zero-order valence-corrected chi connectivity index (χ0v) is 23.7. The summed E-state index contributed by atoms with van der Waals surface area (Å²) in [5.41, 5.74) is 8.11. The number of epoxide rings is 2. The molecule has 0 N–H and O–H groups in total. The first-order valence-electron chi connectivity index (χ1n) is 14.9. The fraction of sp³-hybridized carbons (Fsp3) is 0.636. The van der Waals surface area contributed by atoms with E-state index in [0.29, 0.717) is 12.2 Å². The highest BCUT2D eigenvalue weighted by molar-refractivity contribution is 5.49. The molecule has 2 heterocycles. The monoisotopic (exact) mass is 508 g/mol. The molecule has 4 heteroatoms. The molecule has 0 bridgehead atoms. The van der Waals surface area contributed by atoms with Gasteiger partial charge in [-0.05, 0) is 104 Å². The molecule has 0 saturated carbocycles. The third kappa shape index (κ3) is 8.48. The molecule has 2 saturated heterocycles. The van der Waals surface area contributed by atoms with E-state index < -0.39 is 0 Å². The minimum Gasteiger partial charge on any atom is -0.493 e. The molecule has 0 aliphatic carbocycles. The van der Waals surface area contributed by atoms with E-state index in [1.54, 1.807) is 0 Å². The molecule has 0 aromatic heterocycles. The van der Waals surface area contributed by atoms with E-state index >= 15 is 0 Å². The smallest absolute Gasteiger partial charge is 0.125 e. The number of hydrogen-bond acceptors (Lipinski definition) is 4. The Hall–Kier alpha value is -2.04. The highest BCUT2D eigenvalue weighted by atomic mass is 16.6. The third-order valence-corrected chi connectivity index (χ3v) is 7.68. The lowest BCUT2D eigenvalue weighted by Crippen LogP contribution is -2.06. The summed E-state index contributed by atoms with van der Waals surface area (Å²) in [6, 6.07) is 9.49. The summed E-state index contributed by atoms with van der Waals surface area (Å²) in [4.78, 5) is 0. The van der Waals surface area contributed by atoms with Crippen molar-refractivity contribution in [1.82, 2.24) is 0 Å². The van der Waals surface area contributed by atoms with Crippen LogP contribution in [0.1, 0.15) is 99.6 Å². The lowest BCUT2D eigenvalue weighted by atomic mass is 9.93. The van der Waals surface area contributed by atoms with Crippen LogP contribution in [0.2, 0.25) is 0 Å². The van der Waals surface area contributed by atoms with Crippen LogP contribution in [0.15, 0.2) is 24.3 Å². The first-order valence-corrected chi connectivity index (χ1v) is 14.9. The molecule has 204 valence electrons. The average Bonchev–Trinajstić information content (AvgIpc) is 3.84. The average molecular weight is 509 g/mol. The maximum absolute atomic E-state index is 6.35. The second-order valence-corrected chi connectivity index (χ2v) is 10.7. The zero-order chi connectivity index (χ0) is 26.0. The SMILES string of the molecule is CCc1cc(Cc2cc(CC)c(OCCCCC3CO3)c(CC)c2)cc(CC)c1OCCCCC1CO1. The van der Waals surface area contributed by atoms with Crippen molar-refractivity contribution < 1.29 is 18.9 Å². The minimum absolute atomic E-state index is 0.520. The van der Waals surface area contributed by atoms with Crippen molar-refractivity contribution in [3.05, 3.63) is 57.6 Å². The van der Waals surface area contributed by atoms with Gasteiger partial charge in [-0.2, -0.15) is 0 Å². The number of unbranched alkanes of at least 4 members (excludes halogenated alkanes) is 2. The number of rotatable bonds is 18. The number of hydrogen-bond donors (Lipinski definition) is 0. The molecule has 37 heavy (non-hydrogen) atoms. The summed E-state index contributed by atoms with van der Waals surface area (Å²) >= 11 is 0. The van der Waals surface area contributed by atoms with E-state index in [1.165, 1.54) is 59.1 Å². The van der Waals surface area contributed by atoms with Crippen molar-refractivity contribution in [3.63, 3.8) is 0 Å². The maximum Gasteiger partial charge on any atom is 0.125 e. The van der Waals surface area contributed by atoms with Gasteiger partial charge in [0, 0.05) is 0 Å². The van der Waals surface area contributed by atoms with Crippen LogP contribution in [0.25, 0.3) is 0 Å². The van der Waals surface area contributed by atoms with Crippen molar-refractivity contribution in [1.29, 1.82) is 0 Å². The van der Waals surface area contributed by atoms with Gasteiger partial charge < -0.3 is 18.9 Å². The Balaban J connectivity index is 1.41. The second kappa shape index (κ2) is 14.2. The van der Waals surface area contributed by atoms with Crippen molar-refractivity contribution in [2.75, 3.05) is 26.4 Å². The predicted molar refractivity (Wildman–Crippen MR) is 151 cm³/mol. The van der Waals surface area contributed by atoms with E-state index in [1.807, 2.05) is 0 Å². The summed E-state index contributed by atoms with van der Waals surface area (Å²) in [5, 5.41) is 0. The Kier molecular flexibility index (Phi) is 10.7. The van der Waals surface area contributed by atoms with E-state index in [4.69, 9.17) is 18.9 Å². The molecule has 2 aromatic rings. The Morgan fingerprint density at radius 2 is 0.946 bits per heavy atom. The summed E-state index contributed by atoms with van der Waals surface area (Å²) in [6.07, 6.45) is 12.8. The van der Waals surface area contributed by atoms with Gasteiger partial charge in [0.15, 0.2) is 0 Å². The quantitative estimate of drug-likeness (QED) is 0.155. The van der Waals surface area contributed by atoms with Crippen LogP contribution in [-0.2, 0) is 41.6 Å². The van der Waals surface area contributed by atoms with Crippen molar-refractivity contribution in [2.24, 2.45) is 0 Å². The third-order valence-electron chi connectivity index (χ3n) is 7.68. The molecule has 2 aliphatic heterocycles. The first-order chi connectivity index (χ1) is 18.1. The van der Waals surface area contributed by atoms with Crippen molar-refractivity contribution >= 4 is 0 Å². The van der Waals surface area contributed by atoms with Crippen molar-refractivity contribution in [2.45, 2.75) is 111 Å². The Morgan fingerprint density at radius 3 is 1.24 bits per heavy atom. The minimum atomic E-state index is 0.520. The molecule has 4 rings (SSSR count). The molecule has 2 aromatic carbocycles. The van der Waals surface area contributed by atoms with Gasteiger partial charge in [-0.1, -0.05) is 52.0 Å². The normalized spacial score (nSPS) is 18.2. The number of ether oxygens (including phenoxy) is 4. The van der Waals surface area contributed by atoms with Gasteiger partial charge in [0.1, 0.15) is 11.5 Å². The van der Waals surface area contributed by atoms with Crippen LogP contribution in [-0.4, -0.2) is 38.6 Å². The standard InChI is InChI=1S/C33H48O4/c1-5-26-18-24(19-27(6-2)32(26)34-15-11-9-13-30-22-36-30)17-25-20-28(7-3)33(29(8-4)21-25)35-16-12-10-14-31-23-37-31/h18-21,30-31H,5-17,22-23H2,1-4H3. The van der Waals surface area contributed by atoms with Crippen LogP contribution in [0.4, 0.5) is 0 Å². The van der Waals surface area contributed by atoms with Gasteiger partial charge in [0.05, 0.1) is 38.6 Å². The molecule has 0 radical (unpaired) electrons. The largest absolute Gasteiger partial charge is 0.493 e. The van der Waals surface area contributed by atoms with E-state index in [2.05, 4.69) is 52.0 Å². The Labute approximate surface area is 225 Å². The second-order valence-electron chi connectivity index (χ2n) is 10.7. The molecule has 2 aliphatic rings. The number of aryl methyl sites for hydroxylation is 4. The predicted octanol–water partition coefficient (Wildman–Crippen LogP) is 7.42. The van der Waals surface area contributed by atoms with Gasteiger partial charge in [0.25, 0.3) is 0 Å². The molecule has 2 atom stereocenters. The lowest BCUT2D eigenvalue weighted by molar-refractivity contribution is 0.294. The molecular formula is C33H48O4. The van der Waals surface area contributed by atoms with Gasteiger partial charge >= 0.3 is 0 Å². The molecular weight excluding hydrogens is 460 g/mol.